The molecule has 1 heterocycles. The van der Waals surface area contributed by atoms with Crippen molar-refractivity contribution < 1.29 is 0 Å². The molecule has 1 aliphatic heterocycles. The first kappa shape index (κ1) is 10.2. The third-order valence-electron chi connectivity index (χ3n) is 2.05. The fourth-order valence-corrected chi connectivity index (χ4v) is 2.76. The number of nitrogens with zero attached hydrogens (tertiary/aromatic N) is 1. The molecule has 2 rings (SSSR count). The van der Waals surface area contributed by atoms with Gasteiger partial charge in [-0.15, -0.1) is 23.4 Å². The third-order valence-corrected chi connectivity index (χ3v) is 3.66. The van der Waals surface area contributed by atoms with Gasteiger partial charge >= 0.3 is 0 Å². The molecule has 0 spiro atoms. The summed E-state index contributed by atoms with van der Waals surface area (Å²) in [5, 5.41) is 3.12. The van der Waals surface area contributed by atoms with E-state index in [1.54, 1.807) is 11.8 Å². The van der Waals surface area contributed by atoms with Crippen molar-refractivity contribution in [1.82, 2.24) is 4.90 Å². The van der Waals surface area contributed by atoms with Gasteiger partial charge in [-0.05, 0) is 23.1 Å². The zero-order chi connectivity index (χ0) is 9.97. The first-order valence-corrected chi connectivity index (χ1v) is 6.06. The number of rotatable bonds is 2. The first-order chi connectivity index (χ1) is 6.81. The lowest BCUT2D eigenvalue weighted by atomic mass is 10.2. The van der Waals surface area contributed by atoms with Crippen LogP contribution in [-0.2, 0) is 0 Å². The van der Waals surface area contributed by atoms with Crippen molar-refractivity contribution >= 4 is 35.0 Å². The highest BCUT2D eigenvalue weighted by Crippen LogP contribution is 2.38. The van der Waals surface area contributed by atoms with E-state index in [9.17, 15) is 0 Å². The summed E-state index contributed by atoms with van der Waals surface area (Å²) in [6, 6.07) is 8.39. The van der Waals surface area contributed by atoms with E-state index in [0.717, 1.165) is 5.02 Å². The van der Waals surface area contributed by atoms with Crippen LogP contribution in [0, 0.1) is 0 Å². The summed E-state index contributed by atoms with van der Waals surface area (Å²) < 4.78 is 0. The topological polar surface area (TPSA) is 3.24 Å². The van der Waals surface area contributed by atoms with Crippen LogP contribution >= 0.6 is 35.0 Å². The SMILES string of the molecule is ClCN1C=CSC1c1ccc(Cl)cc1. The van der Waals surface area contributed by atoms with Gasteiger partial charge in [0.05, 0.1) is 6.00 Å². The molecule has 1 aromatic rings. The number of thioether (sulfide) groups is 1. The molecule has 0 bridgehead atoms. The third kappa shape index (κ3) is 2.02. The van der Waals surface area contributed by atoms with Crippen LogP contribution < -0.4 is 0 Å². The van der Waals surface area contributed by atoms with Crippen LogP contribution in [0.5, 0.6) is 0 Å². The predicted molar refractivity (Wildman–Crippen MR) is 63.5 cm³/mol. The average Bonchev–Trinajstić information content (AvgIpc) is 2.67. The van der Waals surface area contributed by atoms with Gasteiger partial charge in [0.1, 0.15) is 5.37 Å². The molecule has 1 aromatic carbocycles. The Morgan fingerprint density at radius 1 is 1.29 bits per heavy atom. The standard InChI is InChI=1S/C10H9Cl2NS/c11-7-13-5-6-14-10(13)8-1-3-9(12)4-2-8/h1-6,10H,7H2. The molecular formula is C10H9Cl2NS. The summed E-state index contributed by atoms with van der Waals surface area (Å²) in [6.45, 7) is 0. The van der Waals surface area contributed by atoms with E-state index in [2.05, 4.69) is 10.3 Å². The molecule has 1 nitrogen and oxygen atoms in total. The van der Waals surface area contributed by atoms with E-state index >= 15 is 0 Å². The highest BCUT2D eigenvalue weighted by molar-refractivity contribution is 8.02. The van der Waals surface area contributed by atoms with E-state index in [1.165, 1.54) is 5.56 Å². The Balaban J connectivity index is 2.19. The van der Waals surface area contributed by atoms with E-state index in [1.807, 2.05) is 30.5 Å². The van der Waals surface area contributed by atoms with Gasteiger partial charge < -0.3 is 4.90 Å². The van der Waals surface area contributed by atoms with Gasteiger partial charge in [0.2, 0.25) is 0 Å². The van der Waals surface area contributed by atoms with E-state index in [-0.39, 0.29) is 0 Å². The first-order valence-electron chi connectivity index (χ1n) is 4.20. The Morgan fingerprint density at radius 2 is 2.00 bits per heavy atom. The summed E-state index contributed by atoms with van der Waals surface area (Å²) in [6.07, 6.45) is 2.01. The molecule has 0 aliphatic carbocycles. The van der Waals surface area contributed by atoms with Gasteiger partial charge in [-0.1, -0.05) is 23.7 Å². The molecular weight excluding hydrogens is 237 g/mol. The predicted octanol–water partition coefficient (Wildman–Crippen LogP) is 4.05. The number of halogens is 2. The molecule has 0 saturated carbocycles. The fourth-order valence-electron chi connectivity index (χ4n) is 1.34. The molecule has 0 fully saturated rings. The zero-order valence-electron chi connectivity index (χ0n) is 7.36. The highest BCUT2D eigenvalue weighted by Gasteiger charge is 2.20. The summed E-state index contributed by atoms with van der Waals surface area (Å²) in [5.41, 5.74) is 1.23. The van der Waals surface area contributed by atoms with Gasteiger partial charge in [-0.3, -0.25) is 0 Å². The number of hydrogen-bond acceptors (Lipinski definition) is 2. The minimum Gasteiger partial charge on any atom is -0.347 e. The van der Waals surface area contributed by atoms with Crippen molar-refractivity contribution in [3.63, 3.8) is 0 Å². The molecule has 0 N–H and O–H groups in total. The van der Waals surface area contributed by atoms with Crippen LogP contribution in [0.3, 0.4) is 0 Å². The van der Waals surface area contributed by atoms with Gasteiger partial charge in [-0.25, -0.2) is 0 Å². The van der Waals surface area contributed by atoms with Crippen LogP contribution in [0.25, 0.3) is 0 Å². The molecule has 14 heavy (non-hydrogen) atoms. The van der Waals surface area contributed by atoms with Gasteiger partial charge in [0, 0.05) is 11.2 Å². The lowest BCUT2D eigenvalue weighted by Crippen LogP contribution is -2.15. The van der Waals surface area contributed by atoms with Crippen LogP contribution in [0.4, 0.5) is 0 Å². The Morgan fingerprint density at radius 3 is 2.64 bits per heavy atom. The summed E-state index contributed by atoms with van der Waals surface area (Å²) >= 11 is 13.4. The number of benzene rings is 1. The summed E-state index contributed by atoms with van der Waals surface area (Å²) in [4.78, 5) is 2.08. The molecule has 0 aromatic heterocycles. The Bertz CT molecular complexity index is 336. The normalized spacial score (nSPS) is 20.4. The van der Waals surface area contributed by atoms with Crippen LogP contribution in [-0.4, -0.2) is 10.9 Å². The Kier molecular flexibility index (Phi) is 3.26. The minimum atomic E-state index is 0.296. The number of alkyl halides is 1. The van der Waals surface area contributed by atoms with Gasteiger partial charge in [0.15, 0.2) is 0 Å². The van der Waals surface area contributed by atoms with Gasteiger partial charge in [-0.2, -0.15) is 0 Å². The lowest BCUT2D eigenvalue weighted by Gasteiger charge is -2.22. The molecule has 1 unspecified atom stereocenters. The minimum absolute atomic E-state index is 0.296. The van der Waals surface area contributed by atoms with Crippen molar-refractivity contribution in [3.05, 3.63) is 46.5 Å². The van der Waals surface area contributed by atoms with Gasteiger partial charge in [0.25, 0.3) is 0 Å². The van der Waals surface area contributed by atoms with Crippen molar-refractivity contribution in [2.75, 3.05) is 6.00 Å². The molecule has 1 aliphatic rings. The maximum atomic E-state index is 5.83. The van der Waals surface area contributed by atoms with Crippen LogP contribution in [0.15, 0.2) is 35.9 Å². The van der Waals surface area contributed by atoms with Crippen molar-refractivity contribution in [2.45, 2.75) is 5.37 Å². The lowest BCUT2D eigenvalue weighted by molar-refractivity contribution is 0.427. The largest absolute Gasteiger partial charge is 0.347 e. The average molecular weight is 246 g/mol. The Hall–Kier alpha value is -0.310. The highest BCUT2D eigenvalue weighted by atomic mass is 35.5. The van der Waals surface area contributed by atoms with E-state index in [4.69, 9.17) is 23.2 Å². The Labute approximate surface area is 97.7 Å². The zero-order valence-corrected chi connectivity index (χ0v) is 9.69. The molecule has 0 amide bonds. The maximum absolute atomic E-state index is 5.83. The molecule has 74 valence electrons. The second-order valence-corrected chi connectivity index (χ2v) is 4.63. The smallest absolute Gasteiger partial charge is 0.105 e. The van der Waals surface area contributed by atoms with Crippen LogP contribution in [0.1, 0.15) is 10.9 Å². The summed E-state index contributed by atoms with van der Waals surface area (Å²) in [7, 11) is 0. The van der Waals surface area contributed by atoms with E-state index in [0.29, 0.717) is 11.4 Å². The van der Waals surface area contributed by atoms with E-state index < -0.39 is 0 Å². The maximum Gasteiger partial charge on any atom is 0.105 e. The second-order valence-electron chi connectivity index (χ2n) is 2.96. The summed E-state index contributed by atoms with van der Waals surface area (Å²) in [5.74, 6) is 0. The van der Waals surface area contributed by atoms with Crippen molar-refractivity contribution in [3.8, 4) is 0 Å². The molecule has 1 atom stereocenters. The monoisotopic (exact) mass is 245 g/mol. The number of hydrogen-bond donors (Lipinski definition) is 0. The van der Waals surface area contributed by atoms with Crippen LogP contribution in [0.2, 0.25) is 5.02 Å². The van der Waals surface area contributed by atoms with Crippen molar-refractivity contribution in [1.29, 1.82) is 0 Å². The van der Waals surface area contributed by atoms with Crippen molar-refractivity contribution in [2.24, 2.45) is 0 Å². The second kappa shape index (κ2) is 4.47. The molecule has 4 heteroatoms. The molecule has 0 radical (unpaired) electrons. The fraction of sp³-hybridized carbons (Fsp3) is 0.200. The molecule has 0 saturated heterocycles. The quantitative estimate of drug-likeness (QED) is 0.572.